The number of fused-ring (bicyclic) bond motifs is 1. The Labute approximate surface area is 116 Å². The van der Waals surface area contributed by atoms with E-state index < -0.39 is 0 Å². The first-order valence-electron chi connectivity index (χ1n) is 6.33. The Bertz CT molecular complexity index is 736. The smallest absolute Gasteiger partial charge is 0.267 e. The zero-order chi connectivity index (χ0) is 14.2. The minimum absolute atomic E-state index is 0.422. The van der Waals surface area contributed by atoms with Gasteiger partial charge in [0.2, 0.25) is 5.82 Å². The highest BCUT2D eigenvalue weighted by atomic mass is 16.5. The molecule has 0 spiro atoms. The molecule has 0 radical (unpaired) electrons. The summed E-state index contributed by atoms with van der Waals surface area (Å²) in [5.74, 6) is 0.803. The summed E-state index contributed by atoms with van der Waals surface area (Å²) >= 11 is 0. The maximum absolute atomic E-state index is 5.85. The van der Waals surface area contributed by atoms with Gasteiger partial charge in [0.1, 0.15) is 18.7 Å². The summed E-state index contributed by atoms with van der Waals surface area (Å²) in [7, 11) is 3.98. The van der Waals surface area contributed by atoms with Crippen LogP contribution in [0.4, 0.5) is 5.82 Å². The van der Waals surface area contributed by atoms with Crippen LogP contribution in [0.3, 0.4) is 0 Å². The maximum atomic E-state index is 5.85. The normalized spacial score (nSPS) is 11.9. The Balaban J connectivity index is 2.31. The second-order valence-electron chi connectivity index (χ2n) is 5.14. The van der Waals surface area contributed by atoms with Crippen LogP contribution in [-0.2, 0) is 0 Å². The number of hydrogen-bond acceptors (Lipinski definition) is 5. The summed E-state index contributed by atoms with van der Waals surface area (Å²) in [5, 5.41) is 4.96. The molecule has 0 saturated heterocycles. The lowest BCUT2D eigenvalue weighted by atomic mass is 10.1. The number of quaternary nitrogens is 1. The van der Waals surface area contributed by atoms with Gasteiger partial charge >= 0.3 is 0 Å². The molecule has 0 aliphatic carbocycles. The molecule has 1 aromatic carbocycles. The van der Waals surface area contributed by atoms with Crippen LogP contribution >= 0.6 is 0 Å². The second kappa shape index (κ2) is 4.66. The fraction of sp³-hybridized carbons (Fsp3) is 0.214. The van der Waals surface area contributed by atoms with E-state index in [-0.39, 0.29) is 0 Å². The quantitative estimate of drug-likeness (QED) is 0.579. The van der Waals surface area contributed by atoms with Crippen molar-refractivity contribution in [3.63, 3.8) is 0 Å². The molecule has 0 unspecified atom stereocenters. The van der Waals surface area contributed by atoms with Gasteiger partial charge in [-0.15, -0.1) is 0 Å². The average molecular weight is 270 g/mol. The third-order valence-electron chi connectivity index (χ3n) is 3.33. The molecule has 0 saturated carbocycles. The van der Waals surface area contributed by atoms with Crippen molar-refractivity contribution in [1.82, 2.24) is 19.6 Å². The zero-order valence-corrected chi connectivity index (χ0v) is 11.4. The van der Waals surface area contributed by atoms with Gasteiger partial charge in [-0.3, -0.25) is 10.2 Å². The molecule has 2 N–H and O–H groups in total. The van der Waals surface area contributed by atoms with Crippen molar-refractivity contribution in [3.8, 4) is 11.3 Å². The molecule has 0 aliphatic rings. The van der Waals surface area contributed by atoms with E-state index in [4.69, 9.17) is 10.3 Å². The van der Waals surface area contributed by atoms with E-state index in [0.717, 1.165) is 22.5 Å². The van der Waals surface area contributed by atoms with Gasteiger partial charge in [-0.1, -0.05) is 35.5 Å². The van der Waals surface area contributed by atoms with E-state index in [1.165, 1.54) is 6.33 Å². The summed E-state index contributed by atoms with van der Waals surface area (Å²) in [6.07, 6.45) is 1.48. The summed E-state index contributed by atoms with van der Waals surface area (Å²) < 4.78 is 5.76. The van der Waals surface area contributed by atoms with Gasteiger partial charge in [0.25, 0.3) is 5.71 Å². The van der Waals surface area contributed by atoms with Crippen LogP contribution in [0.2, 0.25) is 0 Å². The zero-order valence-electron chi connectivity index (χ0n) is 11.4. The van der Waals surface area contributed by atoms with Crippen LogP contribution in [0.1, 0.15) is 0 Å². The maximum Gasteiger partial charge on any atom is 0.267 e. The molecule has 102 valence electrons. The van der Waals surface area contributed by atoms with Crippen LogP contribution in [0.25, 0.3) is 22.4 Å². The van der Waals surface area contributed by atoms with Crippen molar-refractivity contribution in [2.45, 2.75) is 0 Å². The van der Waals surface area contributed by atoms with Gasteiger partial charge < -0.3 is 4.52 Å². The fourth-order valence-electron chi connectivity index (χ4n) is 2.11. The highest BCUT2D eigenvalue weighted by Gasteiger charge is 2.27. The Morgan fingerprint density at radius 1 is 1.15 bits per heavy atom. The number of hydrogen-bond donors (Lipinski definition) is 1. The van der Waals surface area contributed by atoms with Crippen molar-refractivity contribution < 1.29 is 4.52 Å². The first-order valence-corrected chi connectivity index (χ1v) is 6.33. The molecule has 0 bridgehead atoms. The topological polar surface area (TPSA) is 77.8 Å². The molecule has 3 aromatic rings. The Kier molecular flexibility index (Phi) is 2.96. The Morgan fingerprint density at radius 2 is 1.90 bits per heavy atom. The number of nitrogens with two attached hydrogens (primary N) is 1. The third-order valence-corrected chi connectivity index (χ3v) is 3.33. The molecule has 0 fully saturated rings. The summed E-state index contributed by atoms with van der Waals surface area (Å²) in [6.45, 7) is 0.422. The first kappa shape index (κ1) is 12.7. The predicted octanol–water partition coefficient (Wildman–Crippen LogP) is 1.77. The molecular formula is C14H16N5O+. The van der Waals surface area contributed by atoms with E-state index in [1.54, 1.807) is 0 Å². The van der Waals surface area contributed by atoms with Crippen molar-refractivity contribution in [1.29, 1.82) is 0 Å². The van der Waals surface area contributed by atoms with Gasteiger partial charge in [0.15, 0.2) is 5.39 Å². The van der Waals surface area contributed by atoms with Crippen LogP contribution in [0, 0.1) is 0 Å². The monoisotopic (exact) mass is 270 g/mol. The summed E-state index contributed by atoms with van der Waals surface area (Å²) in [4.78, 5) is 8.53. The molecule has 0 atom stereocenters. The summed E-state index contributed by atoms with van der Waals surface area (Å²) in [5.41, 5.74) is 8.05. The van der Waals surface area contributed by atoms with Crippen LogP contribution in [0.5, 0.6) is 0 Å². The van der Waals surface area contributed by atoms with Crippen molar-refractivity contribution >= 4 is 16.9 Å². The van der Waals surface area contributed by atoms with Gasteiger partial charge in [-0.05, 0) is 0 Å². The molecule has 20 heavy (non-hydrogen) atoms. The van der Waals surface area contributed by atoms with E-state index in [2.05, 4.69) is 15.1 Å². The van der Waals surface area contributed by atoms with E-state index in [9.17, 15) is 0 Å². The van der Waals surface area contributed by atoms with Crippen LogP contribution < -0.4 is 10.2 Å². The molecule has 2 heterocycles. The fourth-order valence-corrected chi connectivity index (χ4v) is 2.11. The van der Waals surface area contributed by atoms with Crippen LogP contribution in [-0.4, -0.2) is 35.9 Å². The first-order chi connectivity index (χ1) is 9.63. The number of benzene rings is 1. The highest BCUT2D eigenvalue weighted by Crippen LogP contribution is 2.33. The van der Waals surface area contributed by atoms with Gasteiger partial charge in [0, 0.05) is 5.56 Å². The number of rotatable bonds is 3. The number of aromatic nitrogens is 3. The van der Waals surface area contributed by atoms with Gasteiger partial charge in [0.05, 0.1) is 14.1 Å². The standard InChI is InChI=1S/C14H16N5O/c1-19(2,8-15)13-11-12(10-6-4-3-5-7-10)18-20-14(11)17-9-16-13/h3-7,9H,8,15H2,1-2H3/q+1. The molecule has 0 amide bonds. The molecule has 2 aromatic heterocycles. The molecule has 0 aliphatic heterocycles. The minimum Gasteiger partial charge on any atom is -0.335 e. The van der Waals surface area contributed by atoms with Crippen molar-refractivity contribution in [3.05, 3.63) is 36.7 Å². The number of nitrogens with zero attached hydrogens (tertiary/aromatic N) is 4. The second-order valence-corrected chi connectivity index (χ2v) is 5.14. The molecule has 6 heteroatoms. The average Bonchev–Trinajstić information content (AvgIpc) is 2.92. The lowest BCUT2D eigenvalue weighted by molar-refractivity contribution is 0.402. The lowest BCUT2D eigenvalue weighted by Crippen LogP contribution is -2.46. The third kappa shape index (κ3) is 1.95. The summed E-state index contributed by atoms with van der Waals surface area (Å²) in [6, 6.07) is 9.85. The molecular weight excluding hydrogens is 254 g/mol. The molecule has 6 nitrogen and oxygen atoms in total. The van der Waals surface area contributed by atoms with Gasteiger partial charge in [-0.25, -0.2) is 0 Å². The van der Waals surface area contributed by atoms with Gasteiger partial charge in [-0.2, -0.15) is 9.97 Å². The largest absolute Gasteiger partial charge is 0.335 e. The highest BCUT2D eigenvalue weighted by molar-refractivity contribution is 5.97. The molecule has 3 rings (SSSR count). The lowest BCUT2D eigenvalue weighted by Gasteiger charge is -2.25. The predicted molar refractivity (Wildman–Crippen MR) is 77.7 cm³/mol. The van der Waals surface area contributed by atoms with Crippen LogP contribution in [0.15, 0.2) is 41.2 Å². The Hall–Kier alpha value is -2.31. The Morgan fingerprint density at radius 3 is 2.60 bits per heavy atom. The SMILES string of the molecule is C[N+](C)(CN)c1ncnc2onc(-c3ccccc3)c12. The van der Waals surface area contributed by atoms with E-state index in [1.807, 2.05) is 44.4 Å². The van der Waals surface area contributed by atoms with E-state index >= 15 is 0 Å². The minimum atomic E-state index is 0.422. The van der Waals surface area contributed by atoms with E-state index in [0.29, 0.717) is 16.9 Å². The van der Waals surface area contributed by atoms with Crippen molar-refractivity contribution in [2.24, 2.45) is 5.73 Å². The van der Waals surface area contributed by atoms with Crippen molar-refractivity contribution in [2.75, 3.05) is 20.8 Å².